The second-order valence-electron chi connectivity index (χ2n) is 6.88. The van der Waals surface area contributed by atoms with Crippen LogP contribution < -0.4 is 10.1 Å². The third-order valence-corrected chi connectivity index (χ3v) is 5.83. The van der Waals surface area contributed by atoms with Crippen LogP contribution in [0, 0.1) is 0 Å². The van der Waals surface area contributed by atoms with E-state index in [1.54, 1.807) is 24.5 Å². The highest BCUT2D eigenvalue weighted by molar-refractivity contribution is 7.99. The van der Waals surface area contributed by atoms with Gasteiger partial charge in [0.15, 0.2) is 11.0 Å². The smallest absolute Gasteiger partial charge is 0.231 e. The summed E-state index contributed by atoms with van der Waals surface area (Å²) in [5.41, 5.74) is 0.877. The van der Waals surface area contributed by atoms with E-state index < -0.39 is 0 Å². The monoisotopic (exact) mass is 468 g/mol. The van der Waals surface area contributed by atoms with E-state index in [4.69, 9.17) is 20.8 Å². The summed E-state index contributed by atoms with van der Waals surface area (Å²) >= 11 is 7.49. The van der Waals surface area contributed by atoms with Gasteiger partial charge in [0, 0.05) is 5.69 Å². The number of thioether (sulfide) groups is 1. The third kappa shape index (κ3) is 5.33. The largest absolute Gasteiger partial charge is 0.484 e. The van der Waals surface area contributed by atoms with Crippen molar-refractivity contribution in [3.63, 3.8) is 0 Å². The molecule has 32 heavy (non-hydrogen) atoms. The van der Waals surface area contributed by atoms with Crippen LogP contribution in [0.15, 0.2) is 82.6 Å². The van der Waals surface area contributed by atoms with Gasteiger partial charge < -0.3 is 14.5 Å². The number of carbonyl (C=O) groups excluding carboxylic acids is 1. The van der Waals surface area contributed by atoms with Crippen molar-refractivity contribution in [1.82, 2.24) is 20.1 Å². The molecule has 0 aliphatic heterocycles. The van der Waals surface area contributed by atoms with Crippen LogP contribution in [0.5, 0.6) is 5.75 Å². The Bertz CT molecular complexity index is 1170. The van der Waals surface area contributed by atoms with Gasteiger partial charge in [-0.1, -0.05) is 53.7 Å². The van der Waals surface area contributed by atoms with Crippen molar-refractivity contribution in [2.45, 2.75) is 24.7 Å². The van der Waals surface area contributed by atoms with Crippen LogP contribution in [-0.4, -0.2) is 26.4 Å². The molecule has 0 fully saturated rings. The van der Waals surface area contributed by atoms with Crippen molar-refractivity contribution in [2.24, 2.45) is 0 Å². The Balaban J connectivity index is 1.48. The molecule has 9 heteroatoms. The number of benzene rings is 2. The normalized spacial score (nSPS) is 11.8. The molecule has 0 unspecified atom stereocenters. The number of furan rings is 1. The molecule has 0 saturated carbocycles. The first kappa shape index (κ1) is 22.0. The molecule has 0 bridgehead atoms. The maximum atomic E-state index is 12.5. The maximum absolute atomic E-state index is 12.5. The van der Waals surface area contributed by atoms with Gasteiger partial charge in [0.05, 0.1) is 23.1 Å². The van der Waals surface area contributed by atoms with E-state index in [0.717, 1.165) is 5.69 Å². The number of ether oxygens (including phenoxy) is 1. The van der Waals surface area contributed by atoms with Crippen LogP contribution >= 0.6 is 23.4 Å². The molecule has 4 rings (SSSR count). The molecule has 1 N–H and O–H groups in total. The Hall–Kier alpha value is -3.23. The van der Waals surface area contributed by atoms with Crippen LogP contribution in [0.4, 0.5) is 0 Å². The number of rotatable bonds is 9. The summed E-state index contributed by atoms with van der Waals surface area (Å²) in [5.74, 6) is 1.92. The molecule has 0 spiro atoms. The van der Waals surface area contributed by atoms with Gasteiger partial charge >= 0.3 is 0 Å². The minimum atomic E-state index is -0.218. The van der Waals surface area contributed by atoms with Crippen LogP contribution in [0.1, 0.15) is 24.6 Å². The second kappa shape index (κ2) is 10.4. The number of amides is 1. The van der Waals surface area contributed by atoms with Gasteiger partial charge in [0.2, 0.25) is 5.91 Å². The first-order valence-electron chi connectivity index (χ1n) is 9.94. The Labute approximate surface area is 194 Å². The summed E-state index contributed by atoms with van der Waals surface area (Å²) < 4.78 is 13.1. The van der Waals surface area contributed by atoms with E-state index in [-0.39, 0.29) is 24.3 Å². The second-order valence-corrected chi connectivity index (χ2v) is 8.23. The van der Waals surface area contributed by atoms with Gasteiger partial charge in [0.1, 0.15) is 18.1 Å². The van der Waals surface area contributed by atoms with Gasteiger partial charge in [-0.2, -0.15) is 0 Å². The number of hydrogen-bond donors (Lipinski definition) is 1. The topological polar surface area (TPSA) is 82.2 Å². The lowest BCUT2D eigenvalue weighted by molar-refractivity contribution is -0.119. The number of carbonyl (C=O) groups is 1. The van der Waals surface area contributed by atoms with Crippen molar-refractivity contribution < 1.29 is 13.9 Å². The fraction of sp³-hybridized carbons (Fsp3) is 0.174. The van der Waals surface area contributed by atoms with Crippen molar-refractivity contribution in [3.05, 3.63) is 89.6 Å². The number of aromatic nitrogens is 3. The number of nitrogens with zero attached hydrogens (tertiary/aromatic N) is 3. The highest BCUT2D eigenvalue weighted by atomic mass is 35.5. The molecule has 0 saturated heterocycles. The number of nitrogens with one attached hydrogen (secondary N) is 1. The first-order valence-corrected chi connectivity index (χ1v) is 11.3. The zero-order valence-electron chi connectivity index (χ0n) is 17.3. The third-order valence-electron chi connectivity index (χ3n) is 4.59. The first-order chi connectivity index (χ1) is 15.6. The summed E-state index contributed by atoms with van der Waals surface area (Å²) in [5, 5.41) is 12.6. The number of para-hydroxylation sites is 2. The quantitative estimate of drug-likeness (QED) is 0.346. The average molecular weight is 469 g/mol. The highest BCUT2D eigenvalue weighted by Gasteiger charge is 2.18. The summed E-state index contributed by atoms with van der Waals surface area (Å²) in [6.07, 6.45) is 1.58. The van der Waals surface area contributed by atoms with Crippen LogP contribution in [0.2, 0.25) is 5.02 Å². The van der Waals surface area contributed by atoms with E-state index in [9.17, 15) is 4.79 Å². The zero-order chi connectivity index (χ0) is 22.3. The molecule has 1 amide bonds. The fourth-order valence-electron chi connectivity index (χ4n) is 3.05. The molecule has 164 valence electrons. The minimum absolute atomic E-state index is 0.129. The number of hydrogen-bond acceptors (Lipinski definition) is 6. The van der Waals surface area contributed by atoms with E-state index in [1.165, 1.54) is 11.8 Å². The number of halogens is 1. The van der Waals surface area contributed by atoms with E-state index in [0.29, 0.717) is 27.5 Å². The van der Waals surface area contributed by atoms with Gasteiger partial charge in [-0.25, -0.2) is 0 Å². The summed E-state index contributed by atoms with van der Waals surface area (Å²) in [6.45, 7) is 2.05. The molecular formula is C23H21ClN4O3S. The fourth-order valence-corrected chi connectivity index (χ4v) is 4.02. The Morgan fingerprint density at radius 1 is 1.12 bits per heavy atom. The van der Waals surface area contributed by atoms with Crippen molar-refractivity contribution in [1.29, 1.82) is 0 Å². The standard InChI is InChI=1S/C23H21ClN4O3S/c1-16(19-12-7-13-30-19)25-22(29)15-32-23-27-26-21(28(23)17-8-3-2-4-9-17)14-31-20-11-6-5-10-18(20)24/h2-13,16H,14-15H2,1H3,(H,25,29)/t16-/m1/s1. The summed E-state index contributed by atoms with van der Waals surface area (Å²) in [7, 11) is 0. The Morgan fingerprint density at radius 3 is 2.66 bits per heavy atom. The molecule has 2 aromatic heterocycles. The SMILES string of the molecule is C[C@@H](NC(=O)CSc1nnc(COc2ccccc2Cl)n1-c1ccccc1)c1ccco1. The lowest BCUT2D eigenvalue weighted by Gasteiger charge is -2.13. The van der Waals surface area contributed by atoms with Gasteiger partial charge in [-0.3, -0.25) is 9.36 Å². The average Bonchev–Trinajstić information content (AvgIpc) is 3.48. The summed E-state index contributed by atoms with van der Waals surface area (Å²) in [4.78, 5) is 12.5. The summed E-state index contributed by atoms with van der Waals surface area (Å²) in [6, 6.07) is 20.4. The molecule has 4 aromatic rings. The molecule has 0 aliphatic carbocycles. The lowest BCUT2D eigenvalue weighted by Crippen LogP contribution is -2.28. The lowest BCUT2D eigenvalue weighted by atomic mass is 10.2. The molecule has 7 nitrogen and oxygen atoms in total. The van der Waals surface area contributed by atoms with Crippen LogP contribution in [0.25, 0.3) is 5.69 Å². The highest BCUT2D eigenvalue weighted by Crippen LogP contribution is 2.26. The van der Waals surface area contributed by atoms with E-state index in [2.05, 4.69) is 15.5 Å². The van der Waals surface area contributed by atoms with Crippen LogP contribution in [0.3, 0.4) is 0 Å². The molecule has 2 heterocycles. The predicted octanol–water partition coefficient (Wildman–Crippen LogP) is 5.06. The molecule has 0 aliphatic rings. The van der Waals surface area contributed by atoms with Gasteiger partial charge in [-0.05, 0) is 43.3 Å². The van der Waals surface area contributed by atoms with Crippen molar-refractivity contribution in [3.8, 4) is 11.4 Å². The van der Waals surface area contributed by atoms with Crippen LogP contribution in [-0.2, 0) is 11.4 Å². The Morgan fingerprint density at radius 2 is 1.91 bits per heavy atom. The maximum Gasteiger partial charge on any atom is 0.231 e. The molecule has 1 atom stereocenters. The van der Waals surface area contributed by atoms with E-state index in [1.807, 2.05) is 60.0 Å². The van der Waals surface area contributed by atoms with Gasteiger partial charge in [0.25, 0.3) is 0 Å². The zero-order valence-corrected chi connectivity index (χ0v) is 18.8. The molecular weight excluding hydrogens is 448 g/mol. The predicted molar refractivity (Wildman–Crippen MR) is 123 cm³/mol. The molecule has 2 aromatic carbocycles. The Kier molecular flexibility index (Phi) is 7.14. The molecule has 0 radical (unpaired) electrons. The van der Waals surface area contributed by atoms with Gasteiger partial charge in [-0.15, -0.1) is 10.2 Å². The van der Waals surface area contributed by atoms with Crippen molar-refractivity contribution >= 4 is 29.3 Å². The minimum Gasteiger partial charge on any atom is -0.484 e. The van der Waals surface area contributed by atoms with E-state index >= 15 is 0 Å². The van der Waals surface area contributed by atoms with Crippen molar-refractivity contribution in [2.75, 3.05) is 5.75 Å².